The number of rotatable bonds is 5. The molecule has 4 aromatic rings. The number of carbonyl (C=O) groups is 1. The van der Waals surface area contributed by atoms with Crippen molar-refractivity contribution in [3.8, 4) is 11.6 Å². The number of nitrogens with zero attached hydrogens (tertiary/aromatic N) is 5. The SMILES string of the molecule is CC(=O)c1sc(/N=c2\sc(N=Nc3ccc(Cl)cc3)c(O)n2-c2ccccc2)nc1C. The highest BCUT2D eigenvalue weighted by molar-refractivity contribution is 7.17. The average Bonchev–Trinajstić information content (AvgIpc) is 3.27. The van der Waals surface area contributed by atoms with E-state index in [4.69, 9.17) is 11.6 Å². The second-order valence-corrected chi connectivity index (χ2v) is 8.81. The van der Waals surface area contributed by atoms with E-state index in [1.54, 1.807) is 35.8 Å². The van der Waals surface area contributed by atoms with Crippen molar-refractivity contribution in [2.45, 2.75) is 13.8 Å². The minimum Gasteiger partial charge on any atom is -0.492 e. The van der Waals surface area contributed by atoms with Crippen LogP contribution in [0.25, 0.3) is 5.69 Å². The van der Waals surface area contributed by atoms with Crippen LogP contribution in [0.2, 0.25) is 5.02 Å². The number of benzene rings is 2. The summed E-state index contributed by atoms with van der Waals surface area (Å²) in [6.07, 6.45) is 0. The van der Waals surface area contributed by atoms with Gasteiger partial charge in [0.15, 0.2) is 5.78 Å². The zero-order valence-corrected chi connectivity index (χ0v) is 18.9. The minimum atomic E-state index is -0.0901. The van der Waals surface area contributed by atoms with Crippen LogP contribution in [-0.2, 0) is 0 Å². The fourth-order valence-corrected chi connectivity index (χ4v) is 4.63. The lowest BCUT2D eigenvalue weighted by atomic mass is 10.3. The van der Waals surface area contributed by atoms with Crippen molar-refractivity contribution in [2.24, 2.45) is 15.2 Å². The number of aryl methyl sites for hydroxylation is 1. The van der Waals surface area contributed by atoms with Crippen LogP contribution in [0.1, 0.15) is 22.3 Å². The molecule has 31 heavy (non-hydrogen) atoms. The van der Waals surface area contributed by atoms with Crippen molar-refractivity contribution in [2.75, 3.05) is 0 Å². The predicted octanol–water partition coefficient (Wildman–Crippen LogP) is 6.51. The summed E-state index contributed by atoms with van der Waals surface area (Å²) in [7, 11) is 0. The molecule has 0 amide bonds. The number of azo groups is 1. The van der Waals surface area contributed by atoms with E-state index in [0.29, 0.717) is 36.9 Å². The lowest BCUT2D eigenvalue weighted by Gasteiger charge is -2.03. The van der Waals surface area contributed by atoms with Crippen LogP contribution in [0.3, 0.4) is 0 Å². The molecule has 0 saturated heterocycles. The number of hydrogen-bond donors (Lipinski definition) is 1. The summed E-state index contributed by atoms with van der Waals surface area (Å²) in [6.45, 7) is 3.27. The molecule has 0 spiro atoms. The first-order valence-electron chi connectivity index (χ1n) is 9.13. The van der Waals surface area contributed by atoms with Gasteiger partial charge in [0.25, 0.3) is 0 Å². The number of ketones is 1. The Morgan fingerprint density at radius 2 is 1.77 bits per heavy atom. The molecule has 156 valence electrons. The van der Waals surface area contributed by atoms with Crippen molar-refractivity contribution in [3.05, 3.63) is 75.0 Å². The third-order valence-corrected chi connectivity index (χ3v) is 6.49. The number of hydrogen-bond acceptors (Lipinski definition) is 8. The lowest BCUT2D eigenvalue weighted by Crippen LogP contribution is -2.11. The van der Waals surface area contributed by atoms with Crippen LogP contribution in [0, 0.1) is 6.92 Å². The Kier molecular flexibility index (Phi) is 6.08. The third kappa shape index (κ3) is 4.63. The Hall–Kier alpha value is -3.14. The van der Waals surface area contributed by atoms with Gasteiger partial charge < -0.3 is 5.11 Å². The molecule has 10 heteroatoms. The normalized spacial score (nSPS) is 12.0. The van der Waals surface area contributed by atoms with Crippen molar-refractivity contribution in [3.63, 3.8) is 0 Å². The van der Waals surface area contributed by atoms with Gasteiger partial charge in [-0.2, -0.15) is 4.99 Å². The summed E-state index contributed by atoms with van der Waals surface area (Å²) in [5.41, 5.74) is 1.94. The van der Waals surface area contributed by atoms with E-state index >= 15 is 0 Å². The number of carbonyl (C=O) groups excluding carboxylic acids is 1. The van der Waals surface area contributed by atoms with Crippen LogP contribution in [0.4, 0.5) is 15.8 Å². The van der Waals surface area contributed by atoms with Crippen molar-refractivity contribution in [1.82, 2.24) is 9.55 Å². The van der Waals surface area contributed by atoms with E-state index in [1.807, 2.05) is 30.3 Å². The Balaban J connectivity index is 1.84. The molecule has 0 unspecified atom stereocenters. The maximum atomic E-state index is 11.8. The van der Waals surface area contributed by atoms with Gasteiger partial charge in [-0.3, -0.25) is 9.36 Å². The Labute approximate surface area is 190 Å². The van der Waals surface area contributed by atoms with Crippen LogP contribution in [0.5, 0.6) is 5.88 Å². The molecule has 2 aromatic carbocycles. The Morgan fingerprint density at radius 1 is 1.06 bits per heavy atom. The number of para-hydroxylation sites is 1. The molecule has 4 rings (SSSR count). The molecule has 2 heterocycles. The van der Waals surface area contributed by atoms with E-state index in [9.17, 15) is 9.90 Å². The largest absolute Gasteiger partial charge is 0.492 e. The van der Waals surface area contributed by atoms with Crippen LogP contribution in [-0.4, -0.2) is 20.4 Å². The number of thiazole rings is 2. The number of halogens is 1. The van der Waals surface area contributed by atoms with Crippen molar-refractivity contribution < 1.29 is 9.90 Å². The maximum absolute atomic E-state index is 11.8. The maximum Gasteiger partial charge on any atom is 0.237 e. The zero-order chi connectivity index (χ0) is 22.0. The summed E-state index contributed by atoms with van der Waals surface area (Å²) in [5.74, 6) is -0.147. The predicted molar refractivity (Wildman–Crippen MR) is 123 cm³/mol. The highest BCUT2D eigenvalue weighted by atomic mass is 35.5. The molecule has 0 aliphatic heterocycles. The molecule has 0 bridgehead atoms. The standard InChI is InChI=1S/C21H16ClN5O2S2/c1-12-17(13(2)28)30-20(23-12)24-21-27(16-6-4-3-5-7-16)19(29)18(31-21)26-25-15-10-8-14(22)9-11-15/h3-11,29H,1-2H3/b24-21-,26-25?. The van der Waals surface area contributed by atoms with E-state index in [0.717, 1.165) is 11.3 Å². The quantitative estimate of drug-likeness (QED) is 0.266. The van der Waals surface area contributed by atoms with E-state index < -0.39 is 0 Å². The smallest absolute Gasteiger partial charge is 0.237 e. The summed E-state index contributed by atoms with van der Waals surface area (Å²) >= 11 is 8.28. The minimum absolute atomic E-state index is 0.0566. The fourth-order valence-electron chi connectivity index (χ4n) is 2.76. The molecule has 0 saturated carbocycles. The first-order chi connectivity index (χ1) is 14.9. The zero-order valence-electron chi connectivity index (χ0n) is 16.5. The van der Waals surface area contributed by atoms with Gasteiger partial charge in [-0.1, -0.05) is 52.5 Å². The van der Waals surface area contributed by atoms with Crippen LogP contribution >= 0.6 is 34.3 Å². The number of aromatic nitrogens is 2. The summed E-state index contributed by atoms with van der Waals surface area (Å²) in [4.78, 5) is 21.8. The molecule has 0 atom stereocenters. The second kappa shape index (κ2) is 8.93. The average molecular weight is 470 g/mol. The lowest BCUT2D eigenvalue weighted by molar-refractivity contribution is 0.102. The van der Waals surface area contributed by atoms with Gasteiger partial charge in [-0.15, -0.1) is 10.2 Å². The van der Waals surface area contributed by atoms with E-state index in [1.165, 1.54) is 18.3 Å². The topological polar surface area (TPSA) is 92.2 Å². The van der Waals surface area contributed by atoms with E-state index in [2.05, 4.69) is 20.2 Å². The molecule has 0 aliphatic rings. The molecule has 7 nitrogen and oxygen atoms in total. The highest BCUT2D eigenvalue weighted by Gasteiger charge is 2.16. The van der Waals surface area contributed by atoms with Gasteiger partial charge in [0.1, 0.15) is 0 Å². The summed E-state index contributed by atoms with van der Waals surface area (Å²) < 4.78 is 1.57. The molecule has 2 aromatic heterocycles. The van der Waals surface area contributed by atoms with Crippen molar-refractivity contribution in [1.29, 1.82) is 0 Å². The monoisotopic (exact) mass is 469 g/mol. The van der Waals surface area contributed by atoms with Gasteiger partial charge in [0.2, 0.25) is 20.8 Å². The molecule has 0 aliphatic carbocycles. The number of Topliss-reactive ketones (excluding diaryl/α,β-unsaturated/α-hetero) is 1. The van der Waals surface area contributed by atoms with Gasteiger partial charge in [-0.05, 0) is 43.3 Å². The van der Waals surface area contributed by atoms with Gasteiger partial charge >= 0.3 is 0 Å². The molecular weight excluding hydrogens is 454 g/mol. The second-order valence-electron chi connectivity index (χ2n) is 6.44. The van der Waals surface area contributed by atoms with Gasteiger partial charge in [0, 0.05) is 11.9 Å². The third-order valence-electron chi connectivity index (χ3n) is 4.18. The molecule has 0 fully saturated rings. The Morgan fingerprint density at radius 3 is 2.42 bits per heavy atom. The van der Waals surface area contributed by atoms with Crippen LogP contribution in [0.15, 0.2) is 69.8 Å². The molecular formula is C21H16ClN5O2S2. The summed E-state index contributed by atoms with van der Waals surface area (Å²) in [6, 6.07) is 16.2. The van der Waals surface area contributed by atoms with Gasteiger partial charge in [-0.25, -0.2) is 4.98 Å². The van der Waals surface area contributed by atoms with Crippen molar-refractivity contribution >= 4 is 55.9 Å². The Bertz CT molecular complexity index is 1340. The number of aromatic hydroxyl groups is 1. The summed E-state index contributed by atoms with van der Waals surface area (Å²) in [5, 5.41) is 20.6. The molecule has 0 radical (unpaired) electrons. The molecule has 1 N–H and O–H groups in total. The van der Waals surface area contributed by atoms with Gasteiger partial charge in [0.05, 0.1) is 21.9 Å². The highest BCUT2D eigenvalue weighted by Crippen LogP contribution is 2.34. The van der Waals surface area contributed by atoms with E-state index in [-0.39, 0.29) is 16.7 Å². The first kappa shape index (κ1) is 21.1. The first-order valence-corrected chi connectivity index (χ1v) is 11.1. The fraction of sp³-hybridized carbons (Fsp3) is 0.0952. The van der Waals surface area contributed by atoms with Crippen LogP contribution < -0.4 is 4.80 Å².